The molecule has 0 spiro atoms. The van der Waals surface area contributed by atoms with Gasteiger partial charge in [-0.05, 0) is 48.6 Å². The highest BCUT2D eigenvalue weighted by Crippen LogP contribution is 2.45. The summed E-state index contributed by atoms with van der Waals surface area (Å²) in [5.74, 6) is 0.162. The van der Waals surface area contributed by atoms with Gasteiger partial charge in [0.2, 0.25) is 5.91 Å². The summed E-state index contributed by atoms with van der Waals surface area (Å²) in [6.07, 6.45) is 3.49. The van der Waals surface area contributed by atoms with Crippen molar-refractivity contribution < 1.29 is 4.79 Å². The lowest BCUT2D eigenvalue weighted by Gasteiger charge is -2.30. The van der Waals surface area contributed by atoms with Crippen LogP contribution in [-0.4, -0.2) is 5.91 Å². The summed E-state index contributed by atoms with van der Waals surface area (Å²) in [5.41, 5.74) is 10.6. The summed E-state index contributed by atoms with van der Waals surface area (Å²) in [6.45, 7) is 0. The largest absolute Gasteiger partial charge is 0.321 e. The number of carbonyl (C=O) groups is 1. The maximum absolute atomic E-state index is 12.4. The van der Waals surface area contributed by atoms with E-state index >= 15 is 0 Å². The Hall–Kier alpha value is -2.13. The Morgan fingerprint density at radius 3 is 2.48 bits per heavy atom. The van der Waals surface area contributed by atoms with Crippen LogP contribution in [0.15, 0.2) is 48.5 Å². The first-order valence-corrected chi connectivity index (χ1v) is 7.48. The number of benzene rings is 2. The minimum atomic E-state index is -0.117. The van der Waals surface area contributed by atoms with Crippen molar-refractivity contribution in [3.05, 3.63) is 59.7 Å². The highest BCUT2D eigenvalue weighted by Gasteiger charge is 2.40. The summed E-state index contributed by atoms with van der Waals surface area (Å²) in [6, 6.07) is 16.2. The molecule has 0 saturated heterocycles. The second-order valence-corrected chi connectivity index (χ2v) is 6.06. The van der Waals surface area contributed by atoms with Crippen LogP contribution in [-0.2, 0) is 16.8 Å². The minimum Gasteiger partial charge on any atom is -0.321 e. The molecule has 1 aliphatic heterocycles. The zero-order valence-corrected chi connectivity index (χ0v) is 11.9. The van der Waals surface area contributed by atoms with Gasteiger partial charge in [0.15, 0.2) is 0 Å². The monoisotopic (exact) mass is 278 g/mol. The molecule has 1 aliphatic carbocycles. The van der Waals surface area contributed by atoms with Crippen molar-refractivity contribution in [1.29, 1.82) is 0 Å². The zero-order valence-electron chi connectivity index (χ0n) is 11.9. The number of rotatable bonds is 2. The van der Waals surface area contributed by atoms with Crippen LogP contribution in [0, 0.1) is 0 Å². The van der Waals surface area contributed by atoms with Crippen LogP contribution in [0.2, 0.25) is 0 Å². The molecule has 106 valence electrons. The maximum atomic E-state index is 12.4. The lowest BCUT2D eigenvalue weighted by Crippen LogP contribution is -2.31. The van der Waals surface area contributed by atoms with Crippen LogP contribution in [0.3, 0.4) is 0 Å². The molecule has 2 aromatic carbocycles. The highest BCUT2D eigenvalue weighted by molar-refractivity contribution is 6.03. The molecule has 4 rings (SSSR count). The van der Waals surface area contributed by atoms with E-state index < -0.39 is 0 Å². The van der Waals surface area contributed by atoms with E-state index in [0.29, 0.717) is 6.42 Å². The topological polar surface area (TPSA) is 46.3 Å². The van der Waals surface area contributed by atoms with Crippen LogP contribution < -0.4 is 10.6 Å². The molecule has 0 atom stereocenters. The number of nitrogens with zero attached hydrogens (tertiary/aromatic N) is 1. The molecule has 0 radical (unpaired) electrons. The molecule has 0 bridgehead atoms. The lowest BCUT2D eigenvalue weighted by atomic mass is 9.95. The molecular formula is C18H18N2O. The molecule has 2 N–H and O–H groups in total. The number of carbonyl (C=O) groups excluding carboxylic acids is 1. The van der Waals surface area contributed by atoms with Crippen molar-refractivity contribution in [2.24, 2.45) is 5.73 Å². The van der Waals surface area contributed by atoms with Crippen LogP contribution in [0.1, 0.15) is 30.4 Å². The molecule has 2 aliphatic rings. The molecule has 21 heavy (non-hydrogen) atoms. The second-order valence-electron chi connectivity index (χ2n) is 6.06. The Balaban J connectivity index is 1.80. The molecule has 1 amide bonds. The SMILES string of the molecule is NC1(c2ccc3c(c2)CCC(=O)N3c2ccccc2)CC1. The van der Waals surface area contributed by atoms with Gasteiger partial charge in [0.1, 0.15) is 0 Å². The number of anilines is 2. The second kappa shape index (κ2) is 4.43. The van der Waals surface area contributed by atoms with E-state index in [9.17, 15) is 4.79 Å². The van der Waals surface area contributed by atoms with E-state index in [2.05, 4.69) is 18.2 Å². The normalized spacial score (nSPS) is 19.3. The van der Waals surface area contributed by atoms with Gasteiger partial charge in [0.25, 0.3) is 0 Å². The molecular weight excluding hydrogens is 260 g/mol. The van der Waals surface area contributed by atoms with Crippen LogP contribution in [0.5, 0.6) is 0 Å². The molecule has 1 fully saturated rings. The summed E-state index contributed by atoms with van der Waals surface area (Å²) < 4.78 is 0. The van der Waals surface area contributed by atoms with Gasteiger partial charge in [-0.2, -0.15) is 0 Å². The van der Waals surface area contributed by atoms with Crippen molar-refractivity contribution in [1.82, 2.24) is 0 Å². The maximum Gasteiger partial charge on any atom is 0.231 e. The molecule has 1 heterocycles. The fraction of sp³-hybridized carbons (Fsp3) is 0.278. The summed E-state index contributed by atoms with van der Waals surface area (Å²) in [5, 5.41) is 0. The van der Waals surface area contributed by atoms with E-state index in [1.165, 1.54) is 11.1 Å². The van der Waals surface area contributed by atoms with Crippen molar-refractivity contribution in [2.45, 2.75) is 31.2 Å². The molecule has 3 heteroatoms. The van der Waals surface area contributed by atoms with Gasteiger partial charge in [-0.1, -0.05) is 30.3 Å². The van der Waals surface area contributed by atoms with Gasteiger partial charge in [-0.25, -0.2) is 0 Å². The third kappa shape index (κ3) is 2.05. The average molecular weight is 278 g/mol. The molecule has 2 aromatic rings. The van der Waals surface area contributed by atoms with Gasteiger partial charge >= 0.3 is 0 Å². The molecule has 3 nitrogen and oxygen atoms in total. The third-order valence-electron chi connectivity index (χ3n) is 4.56. The molecule has 0 unspecified atom stereocenters. The Bertz CT molecular complexity index is 704. The van der Waals surface area contributed by atoms with Crippen molar-refractivity contribution in [3.8, 4) is 0 Å². The fourth-order valence-corrected chi connectivity index (χ4v) is 3.08. The van der Waals surface area contributed by atoms with Crippen molar-refractivity contribution in [2.75, 3.05) is 4.90 Å². The average Bonchev–Trinajstić information content (AvgIpc) is 3.26. The predicted octanol–water partition coefficient (Wildman–Crippen LogP) is 3.25. The van der Waals surface area contributed by atoms with E-state index in [0.717, 1.165) is 30.6 Å². The highest BCUT2D eigenvalue weighted by atomic mass is 16.2. The van der Waals surface area contributed by atoms with Gasteiger partial charge in [0, 0.05) is 17.6 Å². The number of nitrogens with two attached hydrogens (primary N) is 1. The number of amides is 1. The Morgan fingerprint density at radius 1 is 1.00 bits per heavy atom. The molecule has 0 aromatic heterocycles. The molecule has 1 saturated carbocycles. The standard InChI is InChI=1S/C18H18N2O/c19-18(10-11-18)14-7-8-16-13(12-14)6-9-17(21)20(16)15-4-2-1-3-5-15/h1-5,7-8,12H,6,9-11,19H2. The summed E-state index contributed by atoms with van der Waals surface area (Å²) in [4.78, 5) is 14.2. The van der Waals surface area contributed by atoms with Crippen LogP contribution in [0.4, 0.5) is 11.4 Å². The first-order valence-electron chi connectivity index (χ1n) is 7.48. The predicted molar refractivity (Wildman–Crippen MR) is 83.5 cm³/mol. The van der Waals surface area contributed by atoms with Gasteiger partial charge in [-0.3, -0.25) is 9.69 Å². The first kappa shape index (κ1) is 12.6. The summed E-state index contributed by atoms with van der Waals surface area (Å²) in [7, 11) is 0. The fourth-order valence-electron chi connectivity index (χ4n) is 3.08. The van der Waals surface area contributed by atoms with E-state index in [1.54, 1.807) is 0 Å². The first-order chi connectivity index (χ1) is 10.2. The van der Waals surface area contributed by atoms with Crippen LogP contribution >= 0.6 is 0 Å². The Morgan fingerprint density at radius 2 is 1.76 bits per heavy atom. The Kier molecular flexibility index (Phi) is 2.66. The number of aryl methyl sites for hydroxylation is 1. The number of hydrogen-bond acceptors (Lipinski definition) is 2. The van der Waals surface area contributed by atoms with Crippen LogP contribution in [0.25, 0.3) is 0 Å². The van der Waals surface area contributed by atoms with Gasteiger partial charge in [0.05, 0.1) is 5.69 Å². The van der Waals surface area contributed by atoms with E-state index in [4.69, 9.17) is 5.73 Å². The quantitative estimate of drug-likeness (QED) is 0.916. The van der Waals surface area contributed by atoms with Gasteiger partial charge < -0.3 is 5.73 Å². The smallest absolute Gasteiger partial charge is 0.231 e. The third-order valence-corrected chi connectivity index (χ3v) is 4.56. The number of hydrogen-bond donors (Lipinski definition) is 1. The Labute approximate surface area is 124 Å². The van der Waals surface area contributed by atoms with Gasteiger partial charge in [-0.15, -0.1) is 0 Å². The van der Waals surface area contributed by atoms with E-state index in [-0.39, 0.29) is 11.4 Å². The number of para-hydroxylation sites is 1. The van der Waals surface area contributed by atoms with Crippen molar-refractivity contribution in [3.63, 3.8) is 0 Å². The van der Waals surface area contributed by atoms with E-state index in [1.807, 2.05) is 35.2 Å². The summed E-state index contributed by atoms with van der Waals surface area (Å²) >= 11 is 0. The minimum absolute atomic E-state index is 0.117. The number of fused-ring (bicyclic) bond motifs is 1. The zero-order chi connectivity index (χ0) is 14.4. The van der Waals surface area contributed by atoms with Crippen molar-refractivity contribution >= 4 is 17.3 Å². The lowest BCUT2D eigenvalue weighted by molar-refractivity contribution is -0.118.